The van der Waals surface area contributed by atoms with Crippen molar-refractivity contribution in [2.45, 2.75) is 25.8 Å². The predicted molar refractivity (Wildman–Crippen MR) is 83.2 cm³/mol. The van der Waals surface area contributed by atoms with Gasteiger partial charge in [0.2, 0.25) is 0 Å². The highest BCUT2D eigenvalue weighted by molar-refractivity contribution is 9.10. The highest BCUT2D eigenvalue weighted by atomic mass is 79.9. The summed E-state index contributed by atoms with van der Waals surface area (Å²) in [6.45, 7) is 6.45. The second kappa shape index (κ2) is 6.00. The van der Waals surface area contributed by atoms with E-state index in [2.05, 4.69) is 76.9 Å². The molecule has 18 heavy (non-hydrogen) atoms. The van der Waals surface area contributed by atoms with Gasteiger partial charge in [0, 0.05) is 27.9 Å². The summed E-state index contributed by atoms with van der Waals surface area (Å²) < 4.78 is 1.21. The minimum atomic E-state index is 0.158. The second-order valence-electron chi connectivity index (χ2n) is 5.05. The first-order chi connectivity index (χ1) is 8.59. The molecule has 0 aliphatic carbocycles. The summed E-state index contributed by atoms with van der Waals surface area (Å²) in [5.74, 6) is 0. The average molecular weight is 324 g/mol. The van der Waals surface area contributed by atoms with Crippen LogP contribution in [0.15, 0.2) is 46.3 Å². The zero-order chi connectivity index (χ0) is 13.0. The van der Waals surface area contributed by atoms with Crippen LogP contribution in [0.25, 0.3) is 0 Å². The van der Waals surface area contributed by atoms with E-state index in [1.807, 2.05) is 0 Å². The minimum Gasteiger partial charge on any atom is -0.311 e. The van der Waals surface area contributed by atoms with E-state index in [1.54, 1.807) is 11.3 Å². The Morgan fingerprint density at radius 2 is 1.89 bits per heavy atom. The largest absolute Gasteiger partial charge is 0.311 e. The molecule has 96 valence electrons. The van der Waals surface area contributed by atoms with E-state index in [0.29, 0.717) is 0 Å². The lowest BCUT2D eigenvalue weighted by atomic mass is 9.84. The standard InChI is InChI=1S/C15H18BrNS/c1-15(2,12-6-4-3-5-7-12)11-17-10-14-13(16)8-9-18-14/h3-9,17H,10-11H2,1-2H3. The zero-order valence-electron chi connectivity index (χ0n) is 10.7. The van der Waals surface area contributed by atoms with Crippen molar-refractivity contribution in [2.75, 3.05) is 6.54 Å². The van der Waals surface area contributed by atoms with Gasteiger partial charge in [0.15, 0.2) is 0 Å². The number of thiophene rings is 1. The summed E-state index contributed by atoms with van der Waals surface area (Å²) in [6.07, 6.45) is 0. The monoisotopic (exact) mass is 323 g/mol. The Labute approximate surface area is 121 Å². The molecule has 0 fully saturated rings. The molecule has 2 aromatic rings. The third-order valence-corrected chi connectivity index (χ3v) is 5.03. The lowest BCUT2D eigenvalue weighted by Gasteiger charge is -2.25. The van der Waals surface area contributed by atoms with Crippen molar-refractivity contribution in [3.8, 4) is 0 Å². The molecule has 1 nitrogen and oxygen atoms in total. The summed E-state index contributed by atoms with van der Waals surface area (Å²) in [7, 11) is 0. The van der Waals surface area contributed by atoms with Crippen LogP contribution < -0.4 is 5.32 Å². The van der Waals surface area contributed by atoms with Crippen molar-refractivity contribution in [3.05, 3.63) is 56.7 Å². The van der Waals surface area contributed by atoms with E-state index in [1.165, 1.54) is 14.9 Å². The van der Waals surface area contributed by atoms with Gasteiger partial charge in [-0.2, -0.15) is 0 Å². The molecule has 2 rings (SSSR count). The molecule has 0 amide bonds. The predicted octanol–water partition coefficient (Wildman–Crippen LogP) is 4.58. The Kier molecular flexibility index (Phi) is 4.60. The maximum Gasteiger partial charge on any atom is 0.0327 e. The molecule has 0 saturated carbocycles. The topological polar surface area (TPSA) is 12.0 Å². The van der Waals surface area contributed by atoms with Crippen molar-refractivity contribution < 1.29 is 0 Å². The van der Waals surface area contributed by atoms with E-state index < -0.39 is 0 Å². The molecular formula is C15H18BrNS. The molecule has 0 bridgehead atoms. The summed E-state index contributed by atoms with van der Waals surface area (Å²) in [4.78, 5) is 1.36. The van der Waals surface area contributed by atoms with Crippen LogP contribution in [0.3, 0.4) is 0 Å². The quantitative estimate of drug-likeness (QED) is 0.849. The summed E-state index contributed by atoms with van der Waals surface area (Å²) in [5, 5.41) is 5.66. The van der Waals surface area contributed by atoms with Gasteiger partial charge in [-0.25, -0.2) is 0 Å². The van der Waals surface area contributed by atoms with Crippen molar-refractivity contribution in [1.82, 2.24) is 5.32 Å². The fourth-order valence-corrected chi connectivity index (χ4v) is 3.39. The lowest BCUT2D eigenvalue weighted by Crippen LogP contribution is -2.32. The molecule has 0 atom stereocenters. The van der Waals surface area contributed by atoms with Gasteiger partial charge in [-0.3, -0.25) is 0 Å². The molecule has 0 spiro atoms. The molecular weight excluding hydrogens is 306 g/mol. The first kappa shape index (κ1) is 13.8. The van der Waals surface area contributed by atoms with Crippen LogP contribution in [0.5, 0.6) is 0 Å². The molecule has 0 aliphatic rings. The number of hydrogen-bond donors (Lipinski definition) is 1. The van der Waals surface area contributed by atoms with Gasteiger partial charge < -0.3 is 5.32 Å². The van der Waals surface area contributed by atoms with Gasteiger partial charge in [-0.15, -0.1) is 11.3 Å². The lowest BCUT2D eigenvalue weighted by molar-refractivity contribution is 0.470. The van der Waals surface area contributed by atoms with Crippen molar-refractivity contribution in [2.24, 2.45) is 0 Å². The van der Waals surface area contributed by atoms with Gasteiger partial charge >= 0.3 is 0 Å². The Morgan fingerprint density at radius 1 is 1.17 bits per heavy atom. The van der Waals surface area contributed by atoms with Gasteiger partial charge in [0.25, 0.3) is 0 Å². The Bertz CT molecular complexity index is 490. The third-order valence-electron chi connectivity index (χ3n) is 3.10. The van der Waals surface area contributed by atoms with E-state index in [0.717, 1.165) is 13.1 Å². The Morgan fingerprint density at radius 3 is 2.50 bits per heavy atom. The van der Waals surface area contributed by atoms with Crippen LogP contribution in [0.4, 0.5) is 0 Å². The molecule has 0 radical (unpaired) electrons. The maximum atomic E-state index is 3.56. The van der Waals surface area contributed by atoms with Gasteiger partial charge in [-0.05, 0) is 32.9 Å². The van der Waals surface area contributed by atoms with Crippen LogP contribution in [0.2, 0.25) is 0 Å². The average Bonchev–Trinajstić information content (AvgIpc) is 2.76. The van der Waals surface area contributed by atoms with Gasteiger partial charge in [0.05, 0.1) is 0 Å². The summed E-state index contributed by atoms with van der Waals surface area (Å²) in [5.41, 5.74) is 1.54. The smallest absolute Gasteiger partial charge is 0.0327 e. The van der Waals surface area contributed by atoms with Crippen molar-refractivity contribution >= 4 is 27.3 Å². The fraction of sp³-hybridized carbons (Fsp3) is 0.333. The third kappa shape index (κ3) is 3.44. The van der Waals surface area contributed by atoms with Crippen LogP contribution in [-0.2, 0) is 12.0 Å². The molecule has 1 heterocycles. The molecule has 1 aromatic carbocycles. The molecule has 1 N–H and O–H groups in total. The van der Waals surface area contributed by atoms with Gasteiger partial charge in [0.1, 0.15) is 0 Å². The van der Waals surface area contributed by atoms with Gasteiger partial charge in [-0.1, -0.05) is 44.2 Å². The molecule has 0 saturated heterocycles. The molecule has 3 heteroatoms. The maximum absolute atomic E-state index is 3.56. The molecule has 0 unspecified atom stereocenters. The van der Waals surface area contributed by atoms with Crippen LogP contribution >= 0.6 is 27.3 Å². The van der Waals surface area contributed by atoms with E-state index in [4.69, 9.17) is 0 Å². The van der Waals surface area contributed by atoms with E-state index in [-0.39, 0.29) is 5.41 Å². The van der Waals surface area contributed by atoms with Crippen LogP contribution in [0, 0.1) is 0 Å². The Balaban J connectivity index is 1.92. The number of halogens is 1. The first-order valence-electron chi connectivity index (χ1n) is 6.08. The van der Waals surface area contributed by atoms with E-state index >= 15 is 0 Å². The SMILES string of the molecule is CC(C)(CNCc1sccc1Br)c1ccccc1. The minimum absolute atomic E-state index is 0.158. The van der Waals surface area contributed by atoms with Crippen molar-refractivity contribution in [1.29, 1.82) is 0 Å². The normalized spacial score (nSPS) is 11.7. The first-order valence-corrected chi connectivity index (χ1v) is 7.75. The second-order valence-corrected chi connectivity index (χ2v) is 6.90. The number of hydrogen-bond acceptors (Lipinski definition) is 2. The summed E-state index contributed by atoms with van der Waals surface area (Å²) >= 11 is 5.35. The fourth-order valence-electron chi connectivity index (χ4n) is 1.93. The molecule has 0 aliphatic heterocycles. The summed E-state index contributed by atoms with van der Waals surface area (Å²) in [6, 6.07) is 12.8. The number of rotatable bonds is 5. The highest BCUT2D eigenvalue weighted by Gasteiger charge is 2.19. The number of nitrogens with one attached hydrogen (secondary N) is 1. The highest BCUT2D eigenvalue weighted by Crippen LogP contribution is 2.24. The number of benzene rings is 1. The van der Waals surface area contributed by atoms with Crippen LogP contribution in [0.1, 0.15) is 24.3 Å². The van der Waals surface area contributed by atoms with E-state index in [9.17, 15) is 0 Å². The Hall–Kier alpha value is -0.640. The zero-order valence-corrected chi connectivity index (χ0v) is 13.1. The molecule has 1 aromatic heterocycles. The van der Waals surface area contributed by atoms with Crippen molar-refractivity contribution in [3.63, 3.8) is 0 Å². The van der Waals surface area contributed by atoms with Crippen LogP contribution in [-0.4, -0.2) is 6.54 Å².